The number of halogens is 3. The fraction of sp³-hybridized carbons (Fsp3) is 0.0909. The van der Waals surface area contributed by atoms with Crippen LogP contribution in [0.2, 0.25) is 0 Å². The van der Waals surface area contributed by atoms with Crippen LogP contribution in [0, 0.1) is 0 Å². The maximum Gasteiger partial charge on any atom is 0.573 e. The molecule has 0 saturated carbocycles. The van der Waals surface area contributed by atoms with Crippen LogP contribution in [0.5, 0.6) is 17.2 Å². The summed E-state index contributed by atoms with van der Waals surface area (Å²) in [6, 6.07) is 15.3. The molecule has 9 heteroatoms. The van der Waals surface area contributed by atoms with Crippen molar-refractivity contribution in [1.82, 2.24) is 14.3 Å². The van der Waals surface area contributed by atoms with Crippen LogP contribution in [0.1, 0.15) is 0 Å². The number of aromatic nitrogens is 3. The minimum Gasteiger partial charge on any atom is -0.456 e. The van der Waals surface area contributed by atoms with E-state index in [1.165, 1.54) is 22.8 Å². The van der Waals surface area contributed by atoms with Gasteiger partial charge in [0.25, 0.3) is 5.56 Å². The lowest BCUT2D eigenvalue weighted by Crippen LogP contribution is -2.18. The van der Waals surface area contributed by atoms with Gasteiger partial charge in [0.1, 0.15) is 17.2 Å². The third kappa shape index (κ3) is 4.77. The lowest BCUT2D eigenvalue weighted by molar-refractivity contribution is -0.274. The summed E-state index contributed by atoms with van der Waals surface area (Å²) in [5.74, 6) is 0.511. The number of benzene rings is 2. The van der Waals surface area contributed by atoms with Crippen LogP contribution in [-0.4, -0.2) is 20.7 Å². The van der Waals surface area contributed by atoms with Crippen LogP contribution in [0.3, 0.4) is 0 Å². The van der Waals surface area contributed by atoms with E-state index in [0.29, 0.717) is 28.3 Å². The summed E-state index contributed by atoms with van der Waals surface area (Å²) < 4.78 is 49.9. The highest BCUT2D eigenvalue weighted by Crippen LogP contribution is 2.32. The Morgan fingerprint density at radius 1 is 0.935 bits per heavy atom. The molecule has 0 spiro atoms. The third-order valence-electron chi connectivity index (χ3n) is 4.35. The van der Waals surface area contributed by atoms with E-state index in [9.17, 15) is 18.0 Å². The van der Waals surface area contributed by atoms with E-state index < -0.39 is 11.9 Å². The zero-order chi connectivity index (χ0) is 22.0. The fourth-order valence-corrected chi connectivity index (χ4v) is 3.00. The maximum atomic E-state index is 12.8. The first-order valence-electron chi connectivity index (χ1n) is 9.13. The van der Waals surface area contributed by atoms with Gasteiger partial charge in [0.15, 0.2) is 0 Å². The predicted molar refractivity (Wildman–Crippen MR) is 107 cm³/mol. The molecule has 0 saturated heterocycles. The number of hydrogen-bond acceptors (Lipinski definition) is 4. The second kappa shape index (κ2) is 8.02. The van der Waals surface area contributed by atoms with Crippen molar-refractivity contribution in [1.29, 1.82) is 0 Å². The van der Waals surface area contributed by atoms with E-state index in [-0.39, 0.29) is 5.75 Å². The van der Waals surface area contributed by atoms with E-state index in [2.05, 4.69) is 9.84 Å². The summed E-state index contributed by atoms with van der Waals surface area (Å²) in [7, 11) is 1.76. The highest BCUT2D eigenvalue weighted by Gasteiger charge is 2.31. The normalized spacial score (nSPS) is 11.4. The van der Waals surface area contributed by atoms with Crippen molar-refractivity contribution < 1.29 is 22.6 Å². The van der Waals surface area contributed by atoms with Crippen molar-refractivity contribution >= 4 is 0 Å². The van der Waals surface area contributed by atoms with Gasteiger partial charge in [-0.1, -0.05) is 18.2 Å². The number of alkyl halides is 3. The standard InChI is InChI=1S/C22H16F3N3O3/c1-27-13-15(12-26-27)19-14-28(16-7-9-18(10-8-16)31-22(23,24)25)21(29)11-20(19)30-17-5-3-2-4-6-17/h2-14H,1H3. The summed E-state index contributed by atoms with van der Waals surface area (Å²) in [4.78, 5) is 12.8. The van der Waals surface area contributed by atoms with Crippen molar-refractivity contribution in [2.75, 3.05) is 0 Å². The largest absolute Gasteiger partial charge is 0.573 e. The van der Waals surface area contributed by atoms with Crippen molar-refractivity contribution in [3.05, 3.63) is 89.6 Å². The van der Waals surface area contributed by atoms with Gasteiger partial charge >= 0.3 is 6.36 Å². The topological polar surface area (TPSA) is 58.3 Å². The lowest BCUT2D eigenvalue weighted by atomic mass is 10.1. The summed E-state index contributed by atoms with van der Waals surface area (Å²) >= 11 is 0. The Kier molecular flexibility index (Phi) is 5.24. The Bertz CT molecular complexity index is 1250. The van der Waals surface area contributed by atoms with Crippen molar-refractivity contribution in [3.63, 3.8) is 0 Å². The van der Waals surface area contributed by atoms with Crippen LogP contribution < -0.4 is 15.0 Å². The number of ether oxygens (including phenoxy) is 2. The smallest absolute Gasteiger partial charge is 0.456 e. The average Bonchev–Trinajstić information content (AvgIpc) is 3.15. The summed E-state index contributed by atoms with van der Waals surface area (Å²) in [6.07, 6.45) is 0.171. The third-order valence-corrected chi connectivity index (χ3v) is 4.35. The van der Waals surface area contributed by atoms with E-state index in [1.54, 1.807) is 42.5 Å². The minimum atomic E-state index is -4.79. The van der Waals surface area contributed by atoms with Crippen LogP contribution in [0.4, 0.5) is 13.2 Å². The number of nitrogens with zero attached hydrogens (tertiary/aromatic N) is 3. The Morgan fingerprint density at radius 3 is 2.26 bits per heavy atom. The van der Waals surface area contributed by atoms with Crippen molar-refractivity contribution in [3.8, 4) is 34.1 Å². The second-order valence-electron chi connectivity index (χ2n) is 6.62. The van der Waals surface area contributed by atoms with Crippen LogP contribution in [0.15, 0.2) is 84.0 Å². The molecule has 0 atom stereocenters. The average molecular weight is 427 g/mol. The van der Waals surface area contributed by atoms with Gasteiger partial charge in [-0.2, -0.15) is 5.10 Å². The summed E-state index contributed by atoms with van der Waals surface area (Å²) in [6.45, 7) is 0. The Morgan fingerprint density at radius 2 is 1.65 bits per heavy atom. The molecule has 0 aliphatic carbocycles. The van der Waals surface area contributed by atoms with Gasteiger partial charge in [-0.05, 0) is 36.4 Å². The first-order chi connectivity index (χ1) is 14.8. The Labute approximate surface area is 174 Å². The molecule has 31 heavy (non-hydrogen) atoms. The molecule has 0 radical (unpaired) electrons. The summed E-state index contributed by atoms with van der Waals surface area (Å²) in [5.41, 5.74) is 1.25. The molecule has 0 unspecified atom stereocenters. The zero-order valence-electron chi connectivity index (χ0n) is 16.2. The number of para-hydroxylation sites is 1. The molecule has 2 heterocycles. The van der Waals surface area contributed by atoms with Gasteiger partial charge < -0.3 is 9.47 Å². The SMILES string of the molecule is Cn1cc(-c2cn(-c3ccc(OC(F)(F)F)cc3)c(=O)cc2Oc2ccccc2)cn1. The first-order valence-corrected chi connectivity index (χ1v) is 9.13. The number of rotatable bonds is 5. The lowest BCUT2D eigenvalue weighted by Gasteiger charge is -2.14. The van der Waals surface area contributed by atoms with Crippen LogP contribution in [0.25, 0.3) is 16.8 Å². The van der Waals surface area contributed by atoms with Crippen molar-refractivity contribution in [2.24, 2.45) is 7.05 Å². The number of aryl methyl sites for hydroxylation is 1. The van der Waals surface area contributed by atoms with Gasteiger partial charge in [-0.15, -0.1) is 13.2 Å². The molecular weight excluding hydrogens is 411 g/mol. The highest BCUT2D eigenvalue weighted by molar-refractivity contribution is 5.69. The molecule has 2 aromatic heterocycles. The number of hydrogen-bond donors (Lipinski definition) is 0. The molecule has 0 amide bonds. The van der Waals surface area contributed by atoms with E-state index >= 15 is 0 Å². The van der Waals surface area contributed by atoms with Gasteiger partial charge in [-0.3, -0.25) is 14.0 Å². The first kappa shape index (κ1) is 20.3. The van der Waals surface area contributed by atoms with Crippen LogP contribution >= 0.6 is 0 Å². The molecule has 158 valence electrons. The zero-order valence-corrected chi connectivity index (χ0v) is 16.2. The molecule has 2 aromatic carbocycles. The van der Waals surface area contributed by atoms with Gasteiger partial charge in [0.05, 0.1) is 6.20 Å². The van der Waals surface area contributed by atoms with Crippen LogP contribution in [-0.2, 0) is 7.05 Å². The Hall–Kier alpha value is -4.01. The van der Waals surface area contributed by atoms with Gasteiger partial charge in [0.2, 0.25) is 0 Å². The highest BCUT2D eigenvalue weighted by atomic mass is 19.4. The fourth-order valence-electron chi connectivity index (χ4n) is 3.00. The number of pyridine rings is 1. The molecule has 0 aliphatic rings. The monoisotopic (exact) mass is 427 g/mol. The van der Waals surface area contributed by atoms with Crippen molar-refractivity contribution in [2.45, 2.75) is 6.36 Å². The maximum absolute atomic E-state index is 12.8. The van der Waals surface area contributed by atoms with E-state index in [4.69, 9.17) is 4.74 Å². The molecule has 4 rings (SSSR count). The minimum absolute atomic E-state index is 0.331. The molecule has 0 aliphatic heterocycles. The quantitative estimate of drug-likeness (QED) is 0.453. The Balaban J connectivity index is 1.77. The summed E-state index contributed by atoms with van der Waals surface area (Å²) in [5, 5.41) is 4.16. The molecule has 0 fully saturated rings. The second-order valence-corrected chi connectivity index (χ2v) is 6.62. The molecule has 4 aromatic rings. The van der Waals surface area contributed by atoms with E-state index in [0.717, 1.165) is 12.1 Å². The van der Waals surface area contributed by atoms with Gasteiger partial charge in [0, 0.05) is 42.3 Å². The predicted octanol–water partition coefficient (Wildman–Crippen LogP) is 4.93. The van der Waals surface area contributed by atoms with E-state index in [1.807, 2.05) is 18.2 Å². The molecule has 0 bridgehead atoms. The molecule has 6 nitrogen and oxygen atoms in total. The molecule has 0 N–H and O–H groups in total. The molecular formula is C22H16F3N3O3. The van der Waals surface area contributed by atoms with Gasteiger partial charge in [-0.25, -0.2) is 0 Å².